The smallest absolute Gasteiger partial charge is 0.233 e. The first-order chi connectivity index (χ1) is 12.3. The van der Waals surface area contributed by atoms with E-state index in [1.165, 1.54) is 25.0 Å². The van der Waals surface area contributed by atoms with Crippen LogP contribution in [-0.2, 0) is 0 Å². The number of hydrogen-bond acceptors (Lipinski definition) is 6. The van der Waals surface area contributed by atoms with Crippen molar-refractivity contribution in [2.45, 2.75) is 44.9 Å². The molecular formula is C19H25N5O. The molecule has 0 amide bonds. The number of aryl methyl sites for hydroxylation is 1. The van der Waals surface area contributed by atoms with Crippen LogP contribution in [0.2, 0.25) is 0 Å². The van der Waals surface area contributed by atoms with Crippen molar-refractivity contribution in [2.75, 3.05) is 24.6 Å². The van der Waals surface area contributed by atoms with Gasteiger partial charge in [0.1, 0.15) is 12.1 Å². The second-order valence-corrected chi connectivity index (χ2v) is 7.18. The lowest BCUT2D eigenvalue weighted by atomic mass is 9.83. The van der Waals surface area contributed by atoms with Gasteiger partial charge in [0.2, 0.25) is 5.88 Å². The number of aromatic nitrogens is 4. The first kappa shape index (κ1) is 16.2. The van der Waals surface area contributed by atoms with Gasteiger partial charge in [-0.1, -0.05) is 6.42 Å². The predicted octanol–water partition coefficient (Wildman–Crippen LogP) is 3.14. The van der Waals surface area contributed by atoms with Gasteiger partial charge < -0.3 is 9.64 Å². The molecular weight excluding hydrogens is 314 g/mol. The van der Waals surface area contributed by atoms with Gasteiger partial charge in [-0.2, -0.15) is 5.10 Å². The van der Waals surface area contributed by atoms with E-state index in [0.29, 0.717) is 24.3 Å². The first-order valence-corrected chi connectivity index (χ1v) is 9.28. The van der Waals surface area contributed by atoms with Gasteiger partial charge in [-0.05, 0) is 44.6 Å². The lowest BCUT2D eigenvalue weighted by Gasteiger charge is -2.33. The Morgan fingerprint density at radius 1 is 1.08 bits per heavy atom. The van der Waals surface area contributed by atoms with E-state index in [1.807, 2.05) is 19.1 Å². The van der Waals surface area contributed by atoms with Crippen molar-refractivity contribution in [3.63, 3.8) is 0 Å². The molecule has 6 nitrogen and oxygen atoms in total. The summed E-state index contributed by atoms with van der Waals surface area (Å²) in [6, 6.07) is 6.02. The van der Waals surface area contributed by atoms with E-state index in [4.69, 9.17) is 4.74 Å². The van der Waals surface area contributed by atoms with Crippen LogP contribution in [0.15, 0.2) is 24.5 Å². The van der Waals surface area contributed by atoms with Crippen LogP contribution < -0.4 is 9.64 Å². The molecule has 0 spiro atoms. The summed E-state index contributed by atoms with van der Waals surface area (Å²) in [6.07, 6.45) is 7.84. The highest BCUT2D eigenvalue weighted by Gasteiger charge is 2.24. The van der Waals surface area contributed by atoms with Crippen LogP contribution in [0, 0.1) is 12.8 Å². The Morgan fingerprint density at radius 2 is 1.92 bits per heavy atom. The molecule has 4 rings (SSSR count). The summed E-state index contributed by atoms with van der Waals surface area (Å²) in [7, 11) is 0. The van der Waals surface area contributed by atoms with Gasteiger partial charge in [0.25, 0.3) is 0 Å². The number of nitrogens with zero attached hydrogens (tertiary/aromatic N) is 5. The highest BCUT2D eigenvalue weighted by atomic mass is 16.5. The predicted molar refractivity (Wildman–Crippen MR) is 95.8 cm³/mol. The Labute approximate surface area is 148 Å². The van der Waals surface area contributed by atoms with Crippen LogP contribution in [0.1, 0.15) is 49.4 Å². The third kappa shape index (κ3) is 3.89. The molecule has 0 radical (unpaired) electrons. The van der Waals surface area contributed by atoms with Crippen LogP contribution in [0.25, 0.3) is 0 Å². The molecule has 132 valence electrons. The van der Waals surface area contributed by atoms with Crippen LogP contribution in [0.4, 0.5) is 5.82 Å². The number of piperidine rings is 1. The molecule has 2 aliphatic rings. The Balaban J connectivity index is 1.28. The number of anilines is 1. The minimum Gasteiger partial charge on any atom is -0.476 e. The van der Waals surface area contributed by atoms with E-state index in [2.05, 4.69) is 31.1 Å². The van der Waals surface area contributed by atoms with E-state index >= 15 is 0 Å². The van der Waals surface area contributed by atoms with Crippen LogP contribution in [0.5, 0.6) is 5.88 Å². The van der Waals surface area contributed by atoms with E-state index in [-0.39, 0.29) is 0 Å². The highest BCUT2D eigenvalue weighted by Crippen LogP contribution is 2.36. The Hall–Kier alpha value is -2.24. The van der Waals surface area contributed by atoms with Crippen molar-refractivity contribution >= 4 is 5.82 Å². The zero-order valence-electron chi connectivity index (χ0n) is 14.8. The fraction of sp³-hybridized carbons (Fsp3) is 0.579. The molecule has 2 aromatic heterocycles. The van der Waals surface area contributed by atoms with E-state index in [1.54, 1.807) is 6.33 Å². The molecule has 0 atom stereocenters. The van der Waals surface area contributed by atoms with E-state index in [0.717, 1.165) is 37.4 Å². The van der Waals surface area contributed by atoms with Gasteiger partial charge in [-0.15, -0.1) is 5.10 Å². The second kappa shape index (κ2) is 7.33. The van der Waals surface area contributed by atoms with Gasteiger partial charge in [0.15, 0.2) is 0 Å². The van der Waals surface area contributed by atoms with Crippen LogP contribution in [0.3, 0.4) is 0 Å². The molecule has 6 heteroatoms. The van der Waals surface area contributed by atoms with Gasteiger partial charge in [-0.25, -0.2) is 9.97 Å². The Kier molecular flexibility index (Phi) is 4.76. The standard InChI is InChI=1S/C19H25N5O/c1-14-5-6-19(23-22-14)25-12-15-7-9-24(10-8-15)18-11-17(20-13-21-18)16-3-2-4-16/h5-6,11,13,15-16H,2-4,7-10,12H2,1H3. The summed E-state index contributed by atoms with van der Waals surface area (Å²) in [5.74, 6) is 2.92. The van der Waals surface area contributed by atoms with Crippen molar-refractivity contribution in [3.05, 3.63) is 35.9 Å². The van der Waals surface area contributed by atoms with Gasteiger partial charge in [0, 0.05) is 36.8 Å². The van der Waals surface area contributed by atoms with Gasteiger partial charge in [0.05, 0.1) is 12.3 Å². The number of hydrogen-bond donors (Lipinski definition) is 0. The number of ether oxygens (including phenoxy) is 1. The molecule has 1 aliphatic heterocycles. The van der Waals surface area contributed by atoms with Crippen molar-refractivity contribution < 1.29 is 4.74 Å². The Bertz CT molecular complexity index is 693. The minimum absolute atomic E-state index is 0.562. The largest absolute Gasteiger partial charge is 0.476 e. The molecule has 2 fully saturated rings. The summed E-state index contributed by atoms with van der Waals surface area (Å²) >= 11 is 0. The third-order valence-corrected chi connectivity index (χ3v) is 5.38. The van der Waals surface area contributed by atoms with Gasteiger partial charge in [-0.3, -0.25) is 0 Å². The van der Waals surface area contributed by atoms with Crippen molar-refractivity contribution in [2.24, 2.45) is 5.92 Å². The normalized spacial score (nSPS) is 18.8. The van der Waals surface area contributed by atoms with Crippen molar-refractivity contribution in [3.8, 4) is 5.88 Å². The fourth-order valence-electron chi connectivity index (χ4n) is 3.46. The first-order valence-electron chi connectivity index (χ1n) is 9.28. The Morgan fingerprint density at radius 3 is 2.60 bits per heavy atom. The molecule has 1 saturated carbocycles. The molecule has 25 heavy (non-hydrogen) atoms. The molecule has 0 unspecified atom stereocenters. The SMILES string of the molecule is Cc1ccc(OCC2CCN(c3cc(C4CCC4)ncn3)CC2)nn1. The maximum Gasteiger partial charge on any atom is 0.233 e. The molecule has 2 aromatic rings. The zero-order chi connectivity index (χ0) is 17.1. The lowest BCUT2D eigenvalue weighted by Crippen LogP contribution is -2.36. The molecule has 0 bridgehead atoms. The summed E-state index contributed by atoms with van der Waals surface area (Å²) < 4.78 is 5.80. The van der Waals surface area contributed by atoms with Crippen LogP contribution >= 0.6 is 0 Å². The minimum atomic E-state index is 0.562. The van der Waals surface area contributed by atoms with Crippen molar-refractivity contribution in [1.82, 2.24) is 20.2 Å². The highest BCUT2D eigenvalue weighted by molar-refractivity contribution is 5.40. The molecule has 1 aliphatic carbocycles. The fourth-order valence-corrected chi connectivity index (χ4v) is 3.46. The molecule has 1 saturated heterocycles. The average Bonchev–Trinajstić information content (AvgIpc) is 2.61. The quantitative estimate of drug-likeness (QED) is 0.834. The monoisotopic (exact) mass is 339 g/mol. The zero-order valence-corrected chi connectivity index (χ0v) is 14.8. The molecule has 0 aromatic carbocycles. The average molecular weight is 339 g/mol. The number of rotatable bonds is 5. The molecule has 0 N–H and O–H groups in total. The van der Waals surface area contributed by atoms with Gasteiger partial charge >= 0.3 is 0 Å². The summed E-state index contributed by atoms with van der Waals surface area (Å²) in [5, 5.41) is 8.10. The van der Waals surface area contributed by atoms with E-state index in [9.17, 15) is 0 Å². The topological polar surface area (TPSA) is 64.0 Å². The lowest BCUT2D eigenvalue weighted by molar-refractivity contribution is 0.214. The summed E-state index contributed by atoms with van der Waals surface area (Å²) in [5.41, 5.74) is 2.13. The molecule has 3 heterocycles. The summed E-state index contributed by atoms with van der Waals surface area (Å²) in [4.78, 5) is 11.3. The maximum absolute atomic E-state index is 5.80. The van der Waals surface area contributed by atoms with E-state index < -0.39 is 0 Å². The third-order valence-electron chi connectivity index (χ3n) is 5.38. The second-order valence-electron chi connectivity index (χ2n) is 7.18. The van der Waals surface area contributed by atoms with Crippen LogP contribution in [-0.4, -0.2) is 39.9 Å². The maximum atomic E-state index is 5.80. The summed E-state index contributed by atoms with van der Waals surface area (Å²) in [6.45, 7) is 4.68. The van der Waals surface area contributed by atoms with Crippen molar-refractivity contribution in [1.29, 1.82) is 0 Å².